The number of benzene rings is 2. The highest BCUT2D eigenvalue weighted by Crippen LogP contribution is 2.23. The molecule has 118 valence electrons. The predicted molar refractivity (Wildman–Crippen MR) is 93.2 cm³/mol. The van der Waals surface area contributed by atoms with Crippen molar-refractivity contribution in [3.8, 4) is 11.3 Å². The third-order valence-electron chi connectivity index (χ3n) is 3.67. The van der Waals surface area contributed by atoms with Gasteiger partial charge in [0.2, 0.25) is 5.76 Å². The SMILES string of the molecule is O=C(Nc1ccc2[nH]ccc2c1)c1cc(-c2cccc(Cl)c2)no1. The number of carbonyl (C=O) groups excluding carboxylic acids is 1. The molecule has 1 amide bonds. The Morgan fingerprint density at radius 2 is 2.04 bits per heavy atom. The van der Waals surface area contributed by atoms with Crippen LogP contribution in [0.1, 0.15) is 10.6 Å². The molecule has 4 rings (SSSR count). The molecule has 0 saturated heterocycles. The van der Waals surface area contributed by atoms with Gasteiger partial charge in [-0.25, -0.2) is 0 Å². The maximum absolute atomic E-state index is 12.3. The van der Waals surface area contributed by atoms with E-state index in [9.17, 15) is 4.79 Å². The highest BCUT2D eigenvalue weighted by molar-refractivity contribution is 6.30. The number of halogens is 1. The van der Waals surface area contributed by atoms with E-state index in [1.165, 1.54) is 0 Å². The van der Waals surface area contributed by atoms with Gasteiger partial charge in [0.15, 0.2) is 0 Å². The molecule has 2 aromatic heterocycles. The summed E-state index contributed by atoms with van der Waals surface area (Å²) in [5, 5.41) is 8.35. The fraction of sp³-hybridized carbons (Fsp3) is 0. The average Bonchev–Trinajstić information content (AvgIpc) is 3.24. The standard InChI is InChI=1S/C18H12ClN3O2/c19-13-3-1-2-11(8-13)16-10-17(24-22-16)18(23)21-14-4-5-15-12(9-14)6-7-20-15/h1-10,20H,(H,21,23). The van der Waals surface area contributed by atoms with Gasteiger partial charge in [-0.3, -0.25) is 4.79 Å². The van der Waals surface area contributed by atoms with Gasteiger partial charge in [0.25, 0.3) is 5.91 Å². The Hall–Kier alpha value is -3.05. The summed E-state index contributed by atoms with van der Waals surface area (Å²) >= 11 is 5.97. The van der Waals surface area contributed by atoms with Crippen LogP contribution in [0.5, 0.6) is 0 Å². The Morgan fingerprint density at radius 3 is 2.92 bits per heavy atom. The van der Waals surface area contributed by atoms with E-state index < -0.39 is 0 Å². The molecule has 2 N–H and O–H groups in total. The second kappa shape index (κ2) is 5.86. The molecule has 6 heteroatoms. The van der Waals surface area contributed by atoms with E-state index in [1.807, 2.05) is 42.6 Å². The third kappa shape index (κ3) is 2.77. The zero-order chi connectivity index (χ0) is 16.5. The van der Waals surface area contributed by atoms with E-state index in [4.69, 9.17) is 16.1 Å². The quantitative estimate of drug-likeness (QED) is 0.567. The van der Waals surface area contributed by atoms with Crippen molar-refractivity contribution in [2.75, 3.05) is 5.32 Å². The molecule has 0 radical (unpaired) electrons. The monoisotopic (exact) mass is 337 g/mol. The molecular weight excluding hydrogens is 326 g/mol. The van der Waals surface area contributed by atoms with Crippen LogP contribution in [0.25, 0.3) is 22.2 Å². The Labute approximate surface area is 142 Å². The van der Waals surface area contributed by atoms with Crippen molar-refractivity contribution >= 4 is 34.1 Å². The van der Waals surface area contributed by atoms with Gasteiger partial charge < -0.3 is 14.8 Å². The largest absolute Gasteiger partial charge is 0.361 e. The number of hydrogen-bond donors (Lipinski definition) is 2. The number of fused-ring (bicyclic) bond motifs is 1. The molecule has 2 heterocycles. The maximum atomic E-state index is 12.3. The molecule has 0 bridgehead atoms. The van der Waals surface area contributed by atoms with Crippen molar-refractivity contribution in [2.45, 2.75) is 0 Å². The van der Waals surface area contributed by atoms with Crippen LogP contribution in [0.15, 0.2) is 65.3 Å². The van der Waals surface area contributed by atoms with Gasteiger partial charge in [0, 0.05) is 39.4 Å². The fourth-order valence-electron chi connectivity index (χ4n) is 2.49. The fourth-order valence-corrected chi connectivity index (χ4v) is 2.68. The second-order valence-electron chi connectivity index (χ2n) is 5.32. The van der Waals surface area contributed by atoms with Crippen LogP contribution in [0.2, 0.25) is 5.02 Å². The Morgan fingerprint density at radius 1 is 1.12 bits per heavy atom. The molecule has 0 fully saturated rings. The zero-order valence-corrected chi connectivity index (χ0v) is 13.2. The van der Waals surface area contributed by atoms with Gasteiger partial charge in [-0.2, -0.15) is 0 Å². The molecule has 24 heavy (non-hydrogen) atoms. The molecule has 5 nitrogen and oxygen atoms in total. The number of nitrogens with one attached hydrogen (secondary N) is 2. The Kier molecular flexibility index (Phi) is 3.55. The van der Waals surface area contributed by atoms with Crippen molar-refractivity contribution in [3.05, 3.63) is 71.6 Å². The van der Waals surface area contributed by atoms with Gasteiger partial charge in [-0.1, -0.05) is 28.9 Å². The minimum absolute atomic E-state index is 0.138. The van der Waals surface area contributed by atoms with Gasteiger partial charge in [-0.15, -0.1) is 0 Å². The van der Waals surface area contributed by atoms with Crippen molar-refractivity contribution in [3.63, 3.8) is 0 Å². The van der Waals surface area contributed by atoms with Crippen molar-refractivity contribution in [2.24, 2.45) is 0 Å². The highest BCUT2D eigenvalue weighted by atomic mass is 35.5. The first kappa shape index (κ1) is 14.5. The highest BCUT2D eigenvalue weighted by Gasteiger charge is 2.14. The van der Waals surface area contributed by atoms with Gasteiger partial charge in [-0.05, 0) is 36.4 Å². The molecule has 2 aromatic carbocycles. The lowest BCUT2D eigenvalue weighted by Gasteiger charge is -2.02. The number of aromatic amines is 1. The summed E-state index contributed by atoms with van der Waals surface area (Å²) in [6, 6.07) is 16.4. The molecule has 4 aromatic rings. The molecule has 0 saturated carbocycles. The van der Waals surface area contributed by atoms with E-state index >= 15 is 0 Å². The molecular formula is C18H12ClN3O2. The van der Waals surface area contributed by atoms with E-state index in [1.54, 1.807) is 18.2 Å². The lowest BCUT2D eigenvalue weighted by Crippen LogP contribution is -2.10. The number of aromatic nitrogens is 2. The number of anilines is 1. The molecule has 0 unspecified atom stereocenters. The van der Waals surface area contributed by atoms with Crippen LogP contribution in [-0.2, 0) is 0 Å². The number of amides is 1. The third-order valence-corrected chi connectivity index (χ3v) is 3.90. The number of carbonyl (C=O) groups is 1. The topological polar surface area (TPSA) is 70.9 Å². The lowest BCUT2D eigenvalue weighted by molar-refractivity contribution is 0.0988. The van der Waals surface area contributed by atoms with Crippen molar-refractivity contribution < 1.29 is 9.32 Å². The summed E-state index contributed by atoms with van der Waals surface area (Å²) in [6.07, 6.45) is 1.85. The second-order valence-corrected chi connectivity index (χ2v) is 5.76. The summed E-state index contributed by atoms with van der Waals surface area (Å²) in [5.41, 5.74) is 3.05. The first-order valence-electron chi connectivity index (χ1n) is 7.30. The number of nitrogens with zero attached hydrogens (tertiary/aromatic N) is 1. The van der Waals surface area contributed by atoms with E-state index in [-0.39, 0.29) is 11.7 Å². The van der Waals surface area contributed by atoms with Gasteiger partial charge >= 0.3 is 0 Å². The summed E-state index contributed by atoms with van der Waals surface area (Å²) in [4.78, 5) is 15.4. The Bertz CT molecular complexity index is 1040. The number of hydrogen-bond acceptors (Lipinski definition) is 3. The average molecular weight is 338 g/mol. The normalized spacial score (nSPS) is 10.9. The van der Waals surface area contributed by atoms with Crippen LogP contribution in [-0.4, -0.2) is 16.0 Å². The smallest absolute Gasteiger partial charge is 0.294 e. The molecule has 0 spiro atoms. The summed E-state index contributed by atoms with van der Waals surface area (Å²) in [7, 11) is 0. The number of rotatable bonds is 3. The molecule has 0 atom stereocenters. The minimum Gasteiger partial charge on any atom is -0.361 e. The number of H-pyrrole nitrogens is 1. The van der Waals surface area contributed by atoms with E-state index in [0.29, 0.717) is 16.4 Å². The van der Waals surface area contributed by atoms with Crippen molar-refractivity contribution in [1.82, 2.24) is 10.1 Å². The lowest BCUT2D eigenvalue weighted by atomic mass is 10.1. The first-order valence-corrected chi connectivity index (χ1v) is 7.68. The summed E-state index contributed by atoms with van der Waals surface area (Å²) in [6.45, 7) is 0. The predicted octanol–water partition coefficient (Wildman–Crippen LogP) is 4.73. The minimum atomic E-state index is -0.356. The van der Waals surface area contributed by atoms with Crippen LogP contribution in [0, 0.1) is 0 Å². The zero-order valence-electron chi connectivity index (χ0n) is 12.4. The van der Waals surface area contributed by atoms with Gasteiger partial charge in [0.05, 0.1) is 0 Å². The first-order chi connectivity index (χ1) is 11.7. The van der Waals surface area contributed by atoms with E-state index in [0.717, 1.165) is 16.5 Å². The van der Waals surface area contributed by atoms with Gasteiger partial charge in [0.1, 0.15) is 5.69 Å². The Balaban J connectivity index is 1.56. The van der Waals surface area contributed by atoms with Crippen molar-refractivity contribution in [1.29, 1.82) is 0 Å². The summed E-state index contributed by atoms with van der Waals surface area (Å²) in [5.74, 6) is -0.218. The van der Waals surface area contributed by atoms with Crippen LogP contribution >= 0.6 is 11.6 Å². The molecule has 0 aliphatic heterocycles. The van der Waals surface area contributed by atoms with Crippen LogP contribution < -0.4 is 5.32 Å². The van der Waals surface area contributed by atoms with Crippen LogP contribution in [0.3, 0.4) is 0 Å². The molecule has 0 aliphatic rings. The maximum Gasteiger partial charge on any atom is 0.294 e. The molecule has 0 aliphatic carbocycles. The summed E-state index contributed by atoms with van der Waals surface area (Å²) < 4.78 is 5.15. The van der Waals surface area contributed by atoms with E-state index in [2.05, 4.69) is 15.5 Å². The van der Waals surface area contributed by atoms with Crippen LogP contribution in [0.4, 0.5) is 5.69 Å².